The van der Waals surface area contributed by atoms with Crippen molar-refractivity contribution in [2.45, 2.75) is 20.3 Å². The second kappa shape index (κ2) is 8.27. The molecular weight excluding hydrogens is 338 g/mol. The Morgan fingerprint density at radius 1 is 0.926 bits per heavy atom. The number of anilines is 3. The number of nitrogens with zero attached hydrogens (tertiary/aromatic N) is 1. The van der Waals surface area contributed by atoms with Crippen LogP contribution in [0.3, 0.4) is 0 Å². The summed E-state index contributed by atoms with van der Waals surface area (Å²) in [5.41, 5.74) is 3.84. The predicted octanol–water partition coefficient (Wildman–Crippen LogP) is 4.84. The molecule has 1 heterocycles. The molecule has 136 valence electrons. The van der Waals surface area contributed by atoms with Crippen LogP contribution >= 0.6 is 0 Å². The fourth-order valence-electron chi connectivity index (χ4n) is 2.59. The zero-order chi connectivity index (χ0) is 19.2. The van der Waals surface area contributed by atoms with Gasteiger partial charge in [-0.3, -0.25) is 9.59 Å². The number of rotatable bonds is 6. The van der Waals surface area contributed by atoms with Crippen molar-refractivity contribution in [2.24, 2.45) is 0 Å². The highest BCUT2D eigenvalue weighted by atomic mass is 16.1. The second-order valence-corrected chi connectivity index (χ2v) is 6.20. The molecule has 0 saturated heterocycles. The minimum atomic E-state index is -0.211. The number of nitrogens with one attached hydrogen (secondary N) is 2. The van der Waals surface area contributed by atoms with Crippen molar-refractivity contribution in [1.82, 2.24) is 4.98 Å². The summed E-state index contributed by atoms with van der Waals surface area (Å²) in [4.78, 5) is 28.1. The number of Topliss-reactive ketones (excluding diaryl/α,β-unsaturated/α-hetero) is 1. The van der Waals surface area contributed by atoms with E-state index in [0.29, 0.717) is 16.9 Å². The molecule has 1 amide bonds. The lowest BCUT2D eigenvalue weighted by Crippen LogP contribution is -2.12. The average molecular weight is 359 g/mol. The smallest absolute Gasteiger partial charge is 0.257 e. The Kier molecular flexibility index (Phi) is 5.61. The first-order valence-electron chi connectivity index (χ1n) is 8.79. The fourth-order valence-corrected chi connectivity index (χ4v) is 2.59. The maximum absolute atomic E-state index is 12.3. The van der Waals surface area contributed by atoms with Gasteiger partial charge >= 0.3 is 0 Å². The summed E-state index contributed by atoms with van der Waals surface area (Å²) in [5, 5.41) is 5.99. The molecule has 3 aromatic rings. The molecule has 0 aliphatic heterocycles. The molecule has 0 bridgehead atoms. The molecule has 0 fully saturated rings. The first-order valence-corrected chi connectivity index (χ1v) is 8.79. The lowest BCUT2D eigenvalue weighted by atomic mass is 10.1. The second-order valence-electron chi connectivity index (χ2n) is 6.20. The van der Waals surface area contributed by atoms with Crippen LogP contribution in [0.4, 0.5) is 17.2 Å². The number of ketones is 1. The van der Waals surface area contributed by atoms with E-state index in [4.69, 9.17) is 0 Å². The molecule has 0 spiro atoms. The first-order chi connectivity index (χ1) is 13.0. The normalized spacial score (nSPS) is 10.3. The van der Waals surface area contributed by atoms with E-state index in [1.165, 1.54) is 18.7 Å². The molecule has 0 atom stereocenters. The summed E-state index contributed by atoms with van der Waals surface area (Å²) in [6, 6.07) is 18.4. The molecule has 2 aromatic carbocycles. The zero-order valence-electron chi connectivity index (χ0n) is 15.3. The van der Waals surface area contributed by atoms with E-state index in [9.17, 15) is 9.59 Å². The van der Waals surface area contributed by atoms with Gasteiger partial charge in [0.15, 0.2) is 5.78 Å². The zero-order valence-corrected chi connectivity index (χ0v) is 15.3. The lowest BCUT2D eigenvalue weighted by molar-refractivity contribution is 0.101. The van der Waals surface area contributed by atoms with E-state index in [1.807, 2.05) is 36.4 Å². The number of aryl methyl sites for hydroxylation is 1. The van der Waals surface area contributed by atoms with Crippen LogP contribution in [0.1, 0.15) is 40.1 Å². The van der Waals surface area contributed by atoms with Crippen molar-refractivity contribution < 1.29 is 9.59 Å². The highest BCUT2D eigenvalue weighted by Crippen LogP contribution is 2.17. The van der Waals surface area contributed by atoms with Crippen LogP contribution in [0.25, 0.3) is 0 Å². The molecule has 2 N–H and O–H groups in total. The van der Waals surface area contributed by atoms with Gasteiger partial charge in [0.05, 0.1) is 5.56 Å². The summed E-state index contributed by atoms with van der Waals surface area (Å²) in [5.74, 6) is 0.391. The first kappa shape index (κ1) is 18.3. The number of aromatic nitrogens is 1. The Morgan fingerprint density at radius 2 is 1.70 bits per heavy atom. The van der Waals surface area contributed by atoms with Crippen LogP contribution in [0.5, 0.6) is 0 Å². The van der Waals surface area contributed by atoms with Gasteiger partial charge in [0, 0.05) is 23.1 Å². The maximum atomic E-state index is 12.3. The Balaban J connectivity index is 1.66. The van der Waals surface area contributed by atoms with Gasteiger partial charge < -0.3 is 10.6 Å². The molecule has 0 aliphatic rings. The molecule has 0 unspecified atom stereocenters. The van der Waals surface area contributed by atoms with E-state index in [1.54, 1.807) is 24.3 Å². The van der Waals surface area contributed by atoms with E-state index < -0.39 is 0 Å². The van der Waals surface area contributed by atoms with Crippen LogP contribution in [-0.2, 0) is 6.42 Å². The van der Waals surface area contributed by atoms with Crippen LogP contribution in [0, 0.1) is 0 Å². The van der Waals surface area contributed by atoms with Gasteiger partial charge in [0.1, 0.15) is 5.82 Å². The van der Waals surface area contributed by atoms with Gasteiger partial charge in [-0.05, 0) is 55.3 Å². The Bertz CT molecular complexity index is 948. The molecule has 1 aromatic heterocycles. The van der Waals surface area contributed by atoms with Gasteiger partial charge in [-0.2, -0.15) is 0 Å². The van der Waals surface area contributed by atoms with Gasteiger partial charge in [-0.25, -0.2) is 4.98 Å². The monoisotopic (exact) mass is 359 g/mol. The Labute approximate surface area is 158 Å². The van der Waals surface area contributed by atoms with Crippen LogP contribution in [0.15, 0.2) is 66.9 Å². The number of pyridine rings is 1. The summed E-state index contributed by atoms with van der Waals surface area (Å²) < 4.78 is 0. The highest BCUT2D eigenvalue weighted by Gasteiger charge is 2.07. The quantitative estimate of drug-likeness (QED) is 0.618. The van der Waals surface area contributed by atoms with Crippen LogP contribution in [-0.4, -0.2) is 16.7 Å². The summed E-state index contributed by atoms with van der Waals surface area (Å²) in [6.45, 7) is 3.62. The van der Waals surface area contributed by atoms with Crippen LogP contribution in [0.2, 0.25) is 0 Å². The molecule has 0 radical (unpaired) electrons. The third kappa shape index (κ3) is 4.79. The third-order valence-electron chi connectivity index (χ3n) is 4.19. The van der Waals surface area contributed by atoms with E-state index >= 15 is 0 Å². The molecule has 5 heteroatoms. The number of hydrogen-bond donors (Lipinski definition) is 2. The average Bonchev–Trinajstić information content (AvgIpc) is 2.69. The Morgan fingerprint density at radius 3 is 2.33 bits per heavy atom. The van der Waals surface area contributed by atoms with E-state index in [0.717, 1.165) is 17.8 Å². The predicted molar refractivity (Wildman–Crippen MR) is 108 cm³/mol. The third-order valence-corrected chi connectivity index (χ3v) is 4.19. The summed E-state index contributed by atoms with van der Waals surface area (Å²) in [7, 11) is 0. The van der Waals surface area contributed by atoms with Gasteiger partial charge in [-0.15, -0.1) is 0 Å². The minimum Gasteiger partial charge on any atom is -0.340 e. The summed E-state index contributed by atoms with van der Waals surface area (Å²) in [6.07, 6.45) is 2.48. The fraction of sp³-hybridized carbons (Fsp3) is 0.136. The van der Waals surface area contributed by atoms with E-state index in [-0.39, 0.29) is 11.7 Å². The van der Waals surface area contributed by atoms with E-state index in [2.05, 4.69) is 22.5 Å². The molecule has 0 saturated carbocycles. The number of carbonyl (C=O) groups excluding carboxylic acids is 2. The van der Waals surface area contributed by atoms with Crippen molar-refractivity contribution in [3.05, 3.63) is 83.6 Å². The lowest BCUT2D eigenvalue weighted by Gasteiger charge is -2.08. The molecule has 0 aliphatic carbocycles. The molecule has 3 rings (SSSR count). The largest absolute Gasteiger partial charge is 0.340 e. The van der Waals surface area contributed by atoms with Crippen molar-refractivity contribution >= 4 is 28.9 Å². The van der Waals surface area contributed by atoms with Crippen molar-refractivity contribution in [2.75, 3.05) is 10.6 Å². The standard InChI is InChI=1S/C22H21N3O2/c1-3-16-7-10-19(11-8-16)25-22(27)18-9-12-21(23-14-18)24-20-6-4-5-17(13-20)15(2)26/h4-14H,3H2,1-2H3,(H,23,24)(H,25,27). The minimum absolute atomic E-state index is 0.00518. The van der Waals surface area contributed by atoms with Gasteiger partial charge in [0.25, 0.3) is 5.91 Å². The number of carbonyl (C=O) groups is 2. The Hall–Kier alpha value is -3.47. The maximum Gasteiger partial charge on any atom is 0.257 e. The highest BCUT2D eigenvalue weighted by molar-refractivity contribution is 6.04. The SMILES string of the molecule is CCc1ccc(NC(=O)c2ccc(Nc3cccc(C(C)=O)c3)nc2)cc1. The summed E-state index contributed by atoms with van der Waals surface area (Å²) >= 11 is 0. The van der Waals surface area contributed by atoms with Crippen molar-refractivity contribution in [1.29, 1.82) is 0 Å². The molecular formula is C22H21N3O2. The number of amides is 1. The van der Waals surface area contributed by atoms with Gasteiger partial charge in [-0.1, -0.05) is 31.2 Å². The molecule has 5 nitrogen and oxygen atoms in total. The van der Waals surface area contributed by atoms with Crippen molar-refractivity contribution in [3.8, 4) is 0 Å². The topological polar surface area (TPSA) is 71.1 Å². The number of benzene rings is 2. The number of hydrogen-bond acceptors (Lipinski definition) is 4. The van der Waals surface area contributed by atoms with Crippen LogP contribution < -0.4 is 10.6 Å². The molecule has 27 heavy (non-hydrogen) atoms. The van der Waals surface area contributed by atoms with Gasteiger partial charge in [0.2, 0.25) is 0 Å². The van der Waals surface area contributed by atoms with Crippen molar-refractivity contribution in [3.63, 3.8) is 0 Å².